The van der Waals surface area contributed by atoms with Crippen LogP contribution in [0.4, 0.5) is 4.39 Å². The summed E-state index contributed by atoms with van der Waals surface area (Å²) >= 11 is 3.37. The Labute approximate surface area is 122 Å². The van der Waals surface area contributed by atoms with Crippen molar-refractivity contribution in [3.63, 3.8) is 0 Å². The van der Waals surface area contributed by atoms with E-state index in [1.807, 2.05) is 0 Å². The fourth-order valence-corrected chi connectivity index (χ4v) is 3.03. The number of hydrogen-bond acceptors (Lipinski definition) is 2. The van der Waals surface area contributed by atoms with Crippen LogP contribution < -0.4 is 5.32 Å². The maximum Gasteiger partial charge on any atom is 0.124 e. The van der Waals surface area contributed by atoms with Crippen molar-refractivity contribution in [2.45, 2.75) is 51.4 Å². The molecular weight excluding hydrogens is 309 g/mol. The van der Waals surface area contributed by atoms with Gasteiger partial charge in [0.25, 0.3) is 0 Å². The Hall–Kier alpha value is -0.450. The van der Waals surface area contributed by atoms with Gasteiger partial charge in [-0.3, -0.25) is 0 Å². The molecule has 0 unspecified atom stereocenters. The summed E-state index contributed by atoms with van der Waals surface area (Å²) in [7, 11) is 0. The molecule has 19 heavy (non-hydrogen) atoms. The monoisotopic (exact) mass is 329 g/mol. The van der Waals surface area contributed by atoms with Crippen LogP contribution in [0.5, 0.6) is 0 Å². The molecule has 1 fully saturated rings. The number of ether oxygens (including phenoxy) is 1. The maximum absolute atomic E-state index is 13.0. The SMILES string of the molecule is CCNC1CCC(OCc2ccc(F)cc2Br)CC1. The molecule has 2 rings (SSSR count). The predicted molar refractivity (Wildman–Crippen MR) is 78.6 cm³/mol. The van der Waals surface area contributed by atoms with E-state index in [1.165, 1.54) is 25.0 Å². The highest BCUT2D eigenvalue weighted by molar-refractivity contribution is 9.10. The fourth-order valence-electron chi connectivity index (χ4n) is 2.57. The van der Waals surface area contributed by atoms with E-state index in [0.29, 0.717) is 18.8 Å². The zero-order valence-electron chi connectivity index (χ0n) is 11.3. The van der Waals surface area contributed by atoms with E-state index in [2.05, 4.69) is 28.2 Å². The number of rotatable bonds is 5. The van der Waals surface area contributed by atoms with Crippen LogP contribution in [-0.4, -0.2) is 18.7 Å². The summed E-state index contributed by atoms with van der Waals surface area (Å²) in [6.07, 6.45) is 4.92. The second-order valence-corrected chi connectivity index (χ2v) is 5.93. The van der Waals surface area contributed by atoms with Crippen LogP contribution in [-0.2, 0) is 11.3 Å². The van der Waals surface area contributed by atoms with Gasteiger partial charge in [-0.2, -0.15) is 0 Å². The first-order valence-corrected chi connectivity index (χ1v) is 7.77. The van der Waals surface area contributed by atoms with Gasteiger partial charge < -0.3 is 10.1 Å². The van der Waals surface area contributed by atoms with Crippen molar-refractivity contribution in [2.24, 2.45) is 0 Å². The van der Waals surface area contributed by atoms with Gasteiger partial charge in [0, 0.05) is 10.5 Å². The summed E-state index contributed by atoms with van der Waals surface area (Å²) in [6, 6.07) is 5.40. The molecule has 1 aromatic rings. The average Bonchev–Trinajstić information content (AvgIpc) is 2.40. The van der Waals surface area contributed by atoms with Crippen molar-refractivity contribution in [1.29, 1.82) is 0 Å². The van der Waals surface area contributed by atoms with E-state index >= 15 is 0 Å². The Kier molecular flexibility index (Phi) is 5.79. The molecule has 0 radical (unpaired) electrons. The zero-order valence-corrected chi connectivity index (χ0v) is 12.9. The quantitative estimate of drug-likeness (QED) is 0.880. The Balaban J connectivity index is 1.77. The minimum atomic E-state index is -0.221. The van der Waals surface area contributed by atoms with E-state index in [4.69, 9.17) is 4.74 Å². The maximum atomic E-state index is 13.0. The second kappa shape index (κ2) is 7.36. The van der Waals surface area contributed by atoms with Gasteiger partial charge in [-0.05, 0) is 49.9 Å². The van der Waals surface area contributed by atoms with Crippen LogP contribution in [0.1, 0.15) is 38.2 Å². The molecule has 106 valence electrons. The highest BCUT2D eigenvalue weighted by Gasteiger charge is 2.21. The molecule has 0 spiro atoms. The molecule has 0 heterocycles. The molecular formula is C15H21BrFNO. The molecule has 0 atom stereocenters. The van der Waals surface area contributed by atoms with Crippen molar-refractivity contribution >= 4 is 15.9 Å². The summed E-state index contributed by atoms with van der Waals surface area (Å²) in [5.41, 5.74) is 1.01. The van der Waals surface area contributed by atoms with Crippen LogP contribution >= 0.6 is 15.9 Å². The highest BCUT2D eigenvalue weighted by atomic mass is 79.9. The summed E-state index contributed by atoms with van der Waals surface area (Å²) in [5.74, 6) is -0.221. The van der Waals surface area contributed by atoms with Crippen LogP contribution in [0.3, 0.4) is 0 Å². The lowest BCUT2D eigenvalue weighted by Gasteiger charge is -2.29. The lowest BCUT2D eigenvalue weighted by Crippen LogP contribution is -2.35. The molecule has 1 aliphatic rings. The third-order valence-electron chi connectivity index (χ3n) is 3.66. The summed E-state index contributed by atoms with van der Waals surface area (Å²) in [4.78, 5) is 0. The average molecular weight is 330 g/mol. The summed E-state index contributed by atoms with van der Waals surface area (Å²) in [5, 5.41) is 3.49. The molecule has 1 aliphatic carbocycles. The van der Waals surface area contributed by atoms with E-state index in [0.717, 1.165) is 29.4 Å². The van der Waals surface area contributed by atoms with E-state index in [-0.39, 0.29) is 5.82 Å². The van der Waals surface area contributed by atoms with Crippen LogP contribution in [0.25, 0.3) is 0 Å². The lowest BCUT2D eigenvalue weighted by atomic mass is 9.93. The molecule has 2 nitrogen and oxygen atoms in total. The third-order valence-corrected chi connectivity index (χ3v) is 4.39. The molecule has 1 N–H and O–H groups in total. The van der Waals surface area contributed by atoms with Crippen molar-refractivity contribution in [3.8, 4) is 0 Å². The first-order chi connectivity index (χ1) is 9.19. The van der Waals surface area contributed by atoms with Gasteiger partial charge in [0.2, 0.25) is 0 Å². The predicted octanol–water partition coefficient (Wildman–Crippen LogP) is 4.03. The van der Waals surface area contributed by atoms with Gasteiger partial charge in [0.1, 0.15) is 5.82 Å². The van der Waals surface area contributed by atoms with E-state index in [1.54, 1.807) is 6.07 Å². The van der Waals surface area contributed by atoms with Crippen LogP contribution in [0.2, 0.25) is 0 Å². The zero-order chi connectivity index (χ0) is 13.7. The lowest BCUT2D eigenvalue weighted by molar-refractivity contribution is 0.0112. The summed E-state index contributed by atoms with van der Waals surface area (Å²) < 4.78 is 19.7. The molecule has 0 aromatic heterocycles. The van der Waals surface area contributed by atoms with Gasteiger partial charge in [0.05, 0.1) is 12.7 Å². The largest absolute Gasteiger partial charge is 0.374 e. The number of hydrogen-bond donors (Lipinski definition) is 1. The normalized spacial score (nSPS) is 23.5. The molecule has 0 bridgehead atoms. The Morgan fingerprint density at radius 2 is 2.05 bits per heavy atom. The fraction of sp³-hybridized carbons (Fsp3) is 0.600. The standard InChI is InChI=1S/C15H21BrFNO/c1-2-18-13-5-7-14(8-6-13)19-10-11-3-4-12(17)9-15(11)16/h3-4,9,13-14,18H,2,5-8,10H2,1H3. The molecule has 0 aliphatic heterocycles. The minimum Gasteiger partial charge on any atom is -0.374 e. The first kappa shape index (κ1) is 14.9. The summed E-state index contributed by atoms with van der Waals surface area (Å²) in [6.45, 7) is 3.74. The molecule has 1 saturated carbocycles. The van der Waals surface area contributed by atoms with Crippen LogP contribution in [0.15, 0.2) is 22.7 Å². The third kappa shape index (κ3) is 4.55. The van der Waals surface area contributed by atoms with Gasteiger partial charge >= 0.3 is 0 Å². The highest BCUT2D eigenvalue weighted by Crippen LogP contribution is 2.24. The topological polar surface area (TPSA) is 21.3 Å². The Bertz CT molecular complexity index is 405. The van der Waals surface area contributed by atoms with Gasteiger partial charge in [-0.1, -0.05) is 28.9 Å². The number of halogens is 2. The first-order valence-electron chi connectivity index (χ1n) is 6.98. The molecule has 1 aromatic carbocycles. The van der Waals surface area contributed by atoms with Crippen molar-refractivity contribution in [1.82, 2.24) is 5.32 Å². The van der Waals surface area contributed by atoms with Crippen molar-refractivity contribution in [3.05, 3.63) is 34.1 Å². The number of benzene rings is 1. The van der Waals surface area contributed by atoms with Crippen molar-refractivity contribution in [2.75, 3.05) is 6.54 Å². The van der Waals surface area contributed by atoms with E-state index < -0.39 is 0 Å². The van der Waals surface area contributed by atoms with Crippen LogP contribution in [0, 0.1) is 5.82 Å². The minimum absolute atomic E-state index is 0.221. The van der Waals surface area contributed by atoms with Crippen molar-refractivity contribution < 1.29 is 9.13 Å². The smallest absolute Gasteiger partial charge is 0.124 e. The Morgan fingerprint density at radius 3 is 2.68 bits per heavy atom. The Morgan fingerprint density at radius 1 is 1.32 bits per heavy atom. The van der Waals surface area contributed by atoms with Gasteiger partial charge in [-0.15, -0.1) is 0 Å². The molecule has 4 heteroatoms. The molecule has 0 saturated heterocycles. The van der Waals surface area contributed by atoms with E-state index in [9.17, 15) is 4.39 Å². The van der Waals surface area contributed by atoms with Gasteiger partial charge in [0.15, 0.2) is 0 Å². The number of nitrogens with one attached hydrogen (secondary N) is 1. The second-order valence-electron chi connectivity index (χ2n) is 5.08. The van der Waals surface area contributed by atoms with Gasteiger partial charge in [-0.25, -0.2) is 4.39 Å². The molecule has 0 amide bonds.